The molecule has 3 rings (SSSR count). The molecule has 1 saturated carbocycles. The van der Waals surface area contributed by atoms with E-state index < -0.39 is 0 Å². The Morgan fingerprint density at radius 3 is 2.73 bits per heavy atom. The Balaban J connectivity index is 1.66. The highest BCUT2D eigenvalue weighted by Gasteiger charge is 2.38. The lowest BCUT2D eigenvalue weighted by Gasteiger charge is -2.23. The van der Waals surface area contributed by atoms with Crippen LogP contribution in [-0.2, 0) is 9.59 Å². The van der Waals surface area contributed by atoms with Gasteiger partial charge in [0.25, 0.3) is 0 Å². The topological polar surface area (TPSA) is 73.2 Å². The lowest BCUT2D eigenvalue weighted by molar-refractivity contribution is -0.129. The molecule has 1 heterocycles. The van der Waals surface area contributed by atoms with Gasteiger partial charge in [-0.15, -0.1) is 0 Å². The molecule has 0 aromatic heterocycles. The van der Waals surface area contributed by atoms with Crippen molar-refractivity contribution in [2.24, 2.45) is 5.92 Å². The number of rotatable bonds is 3. The number of amides is 2. The minimum absolute atomic E-state index is 0.0839. The van der Waals surface area contributed by atoms with Gasteiger partial charge in [0.15, 0.2) is 0 Å². The Hall–Kier alpha value is -2.35. The smallest absolute Gasteiger partial charge is 0.229 e. The summed E-state index contributed by atoms with van der Waals surface area (Å²) in [5.41, 5.74) is 0.953. The van der Waals surface area contributed by atoms with Crippen molar-refractivity contribution < 1.29 is 9.59 Å². The summed E-state index contributed by atoms with van der Waals surface area (Å²) in [7, 11) is 0. The first kappa shape index (κ1) is 14.6. The van der Waals surface area contributed by atoms with Crippen LogP contribution in [0.5, 0.6) is 0 Å². The SMILES string of the molecule is N#Cc1ccccc1NC(=O)C1CC(=O)N(C2CCCC2)C1. The Kier molecular flexibility index (Phi) is 4.10. The molecule has 1 aromatic rings. The predicted octanol–water partition coefficient (Wildman–Crippen LogP) is 2.29. The van der Waals surface area contributed by atoms with Gasteiger partial charge in [-0.2, -0.15) is 5.26 Å². The van der Waals surface area contributed by atoms with Crippen molar-refractivity contribution in [3.05, 3.63) is 29.8 Å². The molecule has 22 heavy (non-hydrogen) atoms. The average Bonchev–Trinajstić information content (AvgIpc) is 3.16. The van der Waals surface area contributed by atoms with Crippen molar-refractivity contribution in [3.63, 3.8) is 0 Å². The van der Waals surface area contributed by atoms with E-state index in [1.54, 1.807) is 24.3 Å². The zero-order valence-corrected chi connectivity index (χ0v) is 12.4. The third-order valence-electron chi connectivity index (χ3n) is 4.60. The average molecular weight is 297 g/mol. The second-order valence-electron chi connectivity index (χ2n) is 6.03. The molecular weight excluding hydrogens is 278 g/mol. The lowest BCUT2D eigenvalue weighted by Crippen LogP contribution is -2.35. The number of nitrogens with zero attached hydrogens (tertiary/aromatic N) is 2. The van der Waals surface area contributed by atoms with Crippen LogP contribution in [0, 0.1) is 17.2 Å². The number of nitriles is 1. The normalized spacial score (nSPS) is 21.9. The molecule has 2 amide bonds. The number of nitrogens with one attached hydrogen (secondary N) is 1. The van der Waals surface area contributed by atoms with Crippen molar-refractivity contribution in [1.82, 2.24) is 4.90 Å². The molecule has 1 aromatic carbocycles. The second-order valence-corrected chi connectivity index (χ2v) is 6.03. The maximum Gasteiger partial charge on any atom is 0.229 e. The van der Waals surface area contributed by atoms with Crippen LogP contribution in [0.1, 0.15) is 37.7 Å². The molecule has 1 N–H and O–H groups in total. The third kappa shape index (κ3) is 2.82. The molecule has 1 unspecified atom stereocenters. The zero-order chi connectivity index (χ0) is 15.5. The highest BCUT2D eigenvalue weighted by molar-refractivity contribution is 5.98. The van der Waals surface area contributed by atoms with E-state index >= 15 is 0 Å². The zero-order valence-electron chi connectivity index (χ0n) is 12.4. The van der Waals surface area contributed by atoms with Crippen molar-refractivity contribution in [1.29, 1.82) is 5.26 Å². The number of benzene rings is 1. The number of hydrogen-bond acceptors (Lipinski definition) is 3. The summed E-state index contributed by atoms with van der Waals surface area (Å²) in [6.45, 7) is 0.504. The summed E-state index contributed by atoms with van der Waals surface area (Å²) < 4.78 is 0. The lowest BCUT2D eigenvalue weighted by atomic mass is 10.1. The molecule has 1 aliphatic heterocycles. The van der Waals surface area contributed by atoms with Gasteiger partial charge in [0.1, 0.15) is 6.07 Å². The van der Waals surface area contributed by atoms with Gasteiger partial charge in [-0.1, -0.05) is 25.0 Å². The molecule has 5 heteroatoms. The summed E-state index contributed by atoms with van der Waals surface area (Å²) in [5.74, 6) is -0.406. The first-order chi connectivity index (χ1) is 10.7. The molecule has 114 valence electrons. The van der Waals surface area contributed by atoms with E-state index in [0.717, 1.165) is 12.8 Å². The highest BCUT2D eigenvalue weighted by Crippen LogP contribution is 2.30. The standard InChI is InChI=1S/C17H19N3O2/c18-10-12-5-1-4-8-15(12)19-17(22)13-9-16(21)20(11-13)14-6-2-3-7-14/h1,4-5,8,13-14H,2-3,6-7,9,11H2,(H,19,22). The number of carbonyl (C=O) groups is 2. The van der Waals surface area contributed by atoms with Crippen molar-refractivity contribution in [2.75, 3.05) is 11.9 Å². The second kappa shape index (κ2) is 6.18. The fraction of sp³-hybridized carbons (Fsp3) is 0.471. The fourth-order valence-corrected chi connectivity index (χ4v) is 3.40. The van der Waals surface area contributed by atoms with Crippen LogP contribution in [-0.4, -0.2) is 29.3 Å². The van der Waals surface area contributed by atoms with E-state index in [1.807, 2.05) is 4.90 Å². The molecule has 0 bridgehead atoms. The van der Waals surface area contributed by atoms with Crippen molar-refractivity contribution >= 4 is 17.5 Å². The molecule has 1 saturated heterocycles. The minimum Gasteiger partial charge on any atom is -0.339 e. The molecule has 2 aliphatic rings. The summed E-state index contributed by atoms with van der Waals surface area (Å²) in [6, 6.07) is 9.29. The van der Waals surface area contributed by atoms with E-state index in [4.69, 9.17) is 5.26 Å². The van der Waals surface area contributed by atoms with Crippen LogP contribution in [0.15, 0.2) is 24.3 Å². The van der Waals surface area contributed by atoms with Gasteiger partial charge in [0.05, 0.1) is 17.2 Å². The molecule has 2 fully saturated rings. The predicted molar refractivity (Wildman–Crippen MR) is 81.9 cm³/mol. The van der Waals surface area contributed by atoms with Crippen LogP contribution in [0.3, 0.4) is 0 Å². The summed E-state index contributed by atoms with van der Waals surface area (Å²) in [4.78, 5) is 26.4. The summed E-state index contributed by atoms with van der Waals surface area (Å²) in [6.07, 6.45) is 4.72. The van der Waals surface area contributed by atoms with Gasteiger partial charge < -0.3 is 10.2 Å². The maximum absolute atomic E-state index is 12.4. The minimum atomic E-state index is -0.320. The number of carbonyl (C=O) groups excluding carboxylic acids is 2. The quantitative estimate of drug-likeness (QED) is 0.930. The Morgan fingerprint density at radius 1 is 1.27 bits per heavy atom. The largest absolute Gasteiger partial charge is 0.339 e. The van der Waals surface area contributed by atoms with E-state index in [9.17, 15) is 9.59 Å². The van der Waals surface area contributed by atoms with Crippen molar-refractivity contribution in [2.45, 2.75) is 38.1 Å². The van der Waals surface area contributed by atoms with E-state index in [1.165, 1.54) is 12.8 Å². The number of anilines is 1. The Morgan fingerprint density at radius 2 is 2.00 bits per heavy atom. The maximum atomic E-state index is 12.4. The first-order valence-corrected chi connectivity index (χ1v) is 7.78. The molecule has 0 spiro atoms. The Labute approximate surface area is 129 Å². The van der Waals surface area contributed by atoms with Crippen LogP contribution in [0.25, 0.3) is 0 Å². The van der Waals surface area contributed by atoms with Gasteiger partial charge in [-0.25, -0.2) is 0 Å². The van der Waals surface area contributed by atoms with Gasteiger partial charge in [0.2, 0.25) is 11.8 Å². The van der Waals surface area contributed by atoms with Crippen LogP contribution < -0.4 is 5.32 Å². The van der Waals surface area contributed by atoms with E-state index in [-0.39, 0.29) is 24.2 Å². The molecule has 0 radical (unpaired) electrons. The number of hydrogen-bond donors (Lipinski definition) is 1. The van der Waals surface area contributed by atoms with Gasteiger partial charge in [-0.3, -0.25) is 9.59 Å². The summed E-state index contributed by atoms with van der Waals surface area (Å²) in [5, 5.41) is 11.9. The van der Waals surface area contributed by atoms with E-state index in [0.29, 0.717) is 23.8 Å². The third-order valence-corrected chi connectivity index (χ3v) is 4.60. The first-order valence-electron chi connectivity index (χ1n) is 7.78. The number of likely N-dealkylation sites (tertiary alicyclic amines) is 1. The fourth-order valence-electron chi connectivity index (χ4n) is 3.40. The molecule has 5 nitrogen and oxygen atoms in total. The van der Waals surface area contributed by atoms with Crippen LogP contribution in [0.4, 0.5) is 5.69 Å². The van der Waals surface area contributed by atoms with Crippen LogP contribution >= 0.6 is 0 Å². The van der Waals surface area contributed by atoms with E-state index in [2.05, 4.69) is 11.4 Å². The Bertz CT molecular complexity index is 629. The molecular formula is C17H19N3O2. The monoisotopic (exact) mass is 297 g/mol. The van der Waals surface area contributed by atoms with Gasteiger partial charge in [-0.05, 0) is 25.0 Å². The molecule has 1 atom stereocenters. The number of para-hydroxylation sites is 1. The van der Waals surface area contributed by atoms with Gasteiger partial charge in [0, 0.05) is 19.0 Å². The van der Waals surface area contributed by atoms with Gasteiger partial charge >= 0.3 is 0 Å². The highest BCUT2D eigenvalue weighted by atomic mass is 16.2. The molecule has 1 aliphatic carbocycles. The van der Waals surface area contributed by atoms with Crippen molar-refractivity contribution in [3.8, 4) is 6.07 Å². The summed E-state index contributed by atoms with van der Waals surface area (Å²) >= 11 is 0. The van der Waals surface area contributed by atoms with Crippen LogP contribution in [0.2, 0.25) is 0 Å².